The molecule has 6 heteroatoms. The van der Waals surface area contributed by atoms with Crippen molar-refractivity contribution in [3.63, 3.8) is 0 Å². The first-order chi connectivity index (χ1) is 8.99. The highest BCUT2D eigenvalue weighted by Gasteiger charge is 2.24. The van der Waals surface area contributed by atoms with Crippen LogP contribution in [0.2, 0.25) is 0 Å². The predicted octanol–water partition coefficient (Wildman–Crippen LogP) is 2.75. The maximum atomic E-state index is 12.3. The number of carbonyl (C=O) groups is 1. The van der Waals surface area contributed by atoms with Crippen LogP contribution in [0.4, 0.5) is 5.69 Å². The molecule has 0 N–H and O–H groups in total. The number of benzene rings is 1. The monoisotopic (exact) mass is 282 g/mol. The number of non-ortho nitro benzene ring substituents is 1. The van der Waals surface area contributed by atoms with E-state index in [0.29, 0.717) is 24.2 Å². The summed E-state index contributed by atoms with van der Waals surface area (Å²) in [5.74, 6) is -0.0993. The number of aryl methyl sites for hydroxylation is 1. The lowest BCUT2D eigenvalue weighted by Crippen LogP contribution is -2.40. The average molecular weight is 283 g/mol. The average Bonchev–Trinajstić information content (AvgIpc) is 2.37. The van der Waals surface area contributed by atoms with Gasteiger partial charge in [0.05, 0.1) is 10.3 Å². The van der Waals surface area contributed by atoms with Gasteiger partial charge < -0.3 is 4.90 Å². The zero-order chi connectivity index (χ0) is 14.0. The lowest BCUT2D eigenvalue weighted by molar-refractivity contribution is -0.384. The van der Waals surface area contributed by atoms with Crippen LogP contribution in [-0.2, 0) is 0 Å². The molecule has 1 aromatic carbocycles. The zero-order valence-corrected chi connectivity index (χ0v) is 11.4. The molecule has 5 nitrogen and oxygen atoms in total. The van der Waals surface area contributed by atoms with E-state index in [2.05, 4.69) is 0 Å². The molecule has 0 radical (unpaired) electrons. The van der Waals surface area contributed by atoms with E-state index in [1.165, 1.54) is 18.2 Å². The van der Waals surface area contributed by atoms with E-state index in [0.717, 1.165) is 12.8 Å². The zero-order valence-electron chi connectivity index (χ0n) is 10.6. The molecule has 1 aliphatic heterocycles. The van der Waals surface area contributed by atoms with Crippen molar-refractivity contribution >= 4 is 23.2 Å². The van der Waals surface area contributed by atoms with Gasteiger partial charge in [-0.3, -0.25) is 14.9 Å². The molecule has 1 amide bonds. The predicted molar refractivity (Wildman–Crippen MR) is 72.6 cm³/mol. The van der Waals surface area contributed by atoms with Crippen molar-refractivity contribution in [3.8, 4) is 0 Å². The molecule has 1 aliphatic rings. The quantitative estimate of drug-likeness (QED) is 0.476. The Hall–Kier alpha value is -1.62. The highest BCUT2D eigenvalue weighted by molar-refractivity contribution is 6.21. The van der Waals surface area contributed by atoms with Crippen LogP contribution in [0.1, 0.15) is 28.8 Å². The summed E-state index contributed by atoms with van der Waals surface area (Å²) in [5.41, 5.74) is 1.13. The van der Waals surface area contributed by atoms with Gasteiger partial charge in [0.2, 0.25) is 0 Å². The van der Waals surface area contributed by atoms with Crippen molar-refractivity contribution in [2.45, 2.75) is 25.1 Å². The molecular formula is C13H15ClN2O3. The van der Waals surface area contributed by atoms with E-state index in [1.54, 1.807) is 11.8 Å². The summed E-state index contributed by atoms with van der Waals surface area (Å²) in [4.78, 5) is 24.3. The third-order valence-corrected chi connectivity index (χ3v) is 3.66. The second-order valence-corrected chi connectivity index (χ2v) is 5.36. The first kappa shape index (κ1) is 13.8. The van der Waals surface area contributed by atoms with Gasteiger partial charge in [0, 0.05) is 30.8 Å². The summed E-state index contributed by atoms with van der Waals surface area (Å²) in [6.45, 7) is 2.94. The Morgan fingerprint density at radius 2 is 2.26 bits per heavy atom. The highest BCUT2D eigenvalue weighted by atomic mass is 35.5. The molecule has 19 heavy (non-hydrogen) atoms. The molecular weight excluding hydrogens is 268 g/mol. The van der Waals surface area contributed by atoms with Gasteiger partial charge in [0.25, 0.3) is 11.6 Å². The summed E-state index contributed by atoms with van der Waals surface area (Å²) in [6.07, 6.45) is 1.82. The molecule has 102 valence electrons. The molecule has 2 rings (SSSR count). The fourth-order valence-corrected chi connectivity index (χ4v) is 2.60. The van der Waals surface area contributed by atoms with Gasteiger partial charge in [-0.05, 0) is 31.4 Å². The third-order valence-electron chi connectivity index (χ3n) is 3.30. The number of hydrogen-bond donors (Lipinski definition) is 0. The SMILES string of the molecule is Cc1cc([N+](=O)[O-])ccc1C(=O)N1CCCC(Cl)C1. The lowest BCUT2D eigenvalue weighted by atomic mass is 10.0. The van der Waals surface area contributed by atoms with Gasteiger partial charge in [-0.2, -0.15) is 0 Å². The van der Waals surface area contributed by atoms with Crippen LogP contribution >= 0.6 is 11.6 Å². The fourth-order valence-electron chi connectivity index (χ4n) is 2.28. The summed E-state index contributed by atoms with van der Waals surface area (Å²) < 4.78 is 0. The molecule has 0 saturated carbocycles. The van der Waals surface area contributed by atoms with Crippen molar-refractivity contribution in [2.24, 2.45) is 0 Å². The number of hydrogen-bond acceptors (Lipinski definition) is 3. The number of nitro benzene ring substituents is 1. The van der Waals surface area contributed by atoms with Crippen molar-refractivity contribution in [2.75, 3.05) is 13.1 Å². The number of rotatable bonds is 2. The van der Waals surface area contributed by atoms with Crippen molar-refractivity contribution in [3.05, 3.63) is 39.4 Å². The van der Waals surface area contributed by atoms with Crippen LogP contribution < -0.4 is 0 Å². The van der Waals surface area contributed by atoms with Crippen molar-refractivity contribution in [1.29, 1.82) is 0 Å². The standard InChI is InChI=1S/C13H15ClN2O3/c1-9-7-11(16(18)19)4-5-12(9)13(17)15-6-2-3-10(14)8-15/h4-5,7,10H,2-3,6,8H2,1H3. The number of alkyl halides is 1. The second-order valence-electron chi connectivity index (χ2n) is 4.75. The normalized spacial score (nSPS) is 19.3. The Bertz CT molecular complexity index is 519. The van der Waals surface area contributed by atoms with E-state index in [9.17, 15) is 14.9 Å². The molecule has 0 spiro atoms. The summed E-state index contributed by atoms with van der Waals surface area (Å²) >= 11 is 6.07. The minimum atomic E-state index is -0.461. The Morgan fingerprint density at radius 3 is 2.84 bits per heavy atom. The molecule has 0 aromatic heterocycles. The molecule has 1 atom stereocenters. The number of amides is 1. The highest BCUT2D eigenvalue weighted by Crippen LogP contribution is 2.21. The maximum Gasteiger partial charge on any atom is 0.269 e. The number of halogens is 1. The van der Waals surface area contributed by atoms with Crippen LogP contribution in [0.3, 0.4) is 0 Å². The van der Waals surface area contributed by atoms with Crippen LogP contribution in [0.5, 0.6) is 0 Å². The topological polar surface area (TPSA) is 63.5 Å². The molecule has 1 unspecified atom stereocenters. The first-order valence-electron chi connectivity index (χ1n) is 6.17. The number of nitrogens with zero attached hydrogens (tertiary/aromatic N) is 2. The van der Waals surface area contributed by atoms with Crippen molar-refractivity contribution < 1.29 is 9.72 Å². The van der Waals surface area contributed by atoms with Gasteiger partial charge in [-0.15, -0.1) is 11.6 Å². The van der Waals surface area contributed by atoms with Crippen LogP contribution in [-0.4, -0.2) is 34.2 Å². The second kappa shape index (κ2) is 5.57. The van der Waals surface area contributed by atoms with Gasteiger partial charge in [-0.25, -0.2) is 0 Å². The smallest absolute Gasteiger partial charge is 0.269 e. The van der Waals surface area contributed by atoms with Gasteiger partial charge >= 0.3 is 0 Å². The first-order valence-corrected chi connectivity index (χ1v) is 6.61. The summed E-state index contributed by atoms with van der Waals surface area (Å²) in [6, 6.07) is 4.31. The van der Waals surface area contributed by atoms with Gasteiger partial charge in [0.15, 0.2) is 0 Å². The molecule has 1 aromatic rings. The van der Waals surface area contributed by atoms with E-state index in [-0.39, 0.29) is 17.0 Å². The Morgan fingerprint density at radius 1 is 1.53 bits per heavy atom. The Kier molecular flexibility index (Phi) is 4.04. The molecule has 1 heterocycles. The maximum absolute atomic E-state index is 12.3. The van der Waals surface area contributed by atoms with E-state index in [4.69, 9.17) is 11.6 Å². The van der Waals surface area contributed by atoms with E-state index in [1.807, 2.05) is 0 Å². The Balaban J connectivity index is 2.21. The minimum Gasteiger partial charge on any atom is -0.337 e. The van der Waals surface area contributed by atoms with Crippen molar-refractivity contribution in [1.82, 2.24) is 4.90 Å². The Labute approximate surface area is 116 Å². The number of piperidine rings is 1. The van der Waals surface area contributed by atoms with E-state index < -0.39 is 4.92 Å². The van der Waals surface area contributed by atoms with E-state index >= 15 is 0 Å². The number of carbonyl (C=O) groups excluding carboxylic acids is 1. The van der Waals surface area contributed by atoms with Crippen LogP contribution in [0.15, 0.2) is 18.2 Å². The minimum absolute atomic E-state index is 0.00270. The largest absolute Gasteiger partial charge is 0.337 e. The molecule has 1 saturated heterocycles. The summed E-state index contributed by atoms with van der Waals surface area (Å²) in [5, 5.41) is 10.7. The molecule has 0 bridgehead atoms. The molecule has 0 aliphatic carbocycles. The van der Waals surface area contributed by atoms with Gasteiger partial charge in [-0.1, -0.05) is 0 Å². The molecule has 1 fully saturated rings. The fraction of sp³-hybridized carbons (Fsp3) is 0.462. The lowest BCUT2D eigenvalue weighted by Gasteiger charge is -2.30. The van der Waals surface area contributed by atoms with Gasteiger partial charge in [0.1, 0.15) is 0 Å². The van der Waals surface area contributed by atoms with Crippen LogP contribution in [0, 0.1) is 17.0 Å². The summed E-state index contributed by atoms with van der Waals surface area (Å²) in [7, 11) is 0. The van der Waals surface area contributed by atoms with Crippen LogP contribution in [0.25, 0.3) is 0 Å². The third kappa shape index (κ3) is 3.04. The number of likely N-dealkylation sites (tertiary alicyclic amines) is 1. The number of nitro groups is 1.